The van der Waals surface area contributed by atoms with Gasteiger partial charge in [0.05, 0.1) is 39.4 Å². The van der Waals surface area contributed by atoms with Crippen LogP contribution in [0.15, 0.2) is 0 Å². The van der Waals surface area contributed by atoms with Gasteiger partial charge in [0.2, 0.25) is 0 Å². The molecule has 0 bridgehead atoms. The molecule has 0 rings (SSSR count). The van der Waals surface area contributed by atoms with Crippen molar-refractivity contribution in [3.05, 3.63) is 0 Å². The summed E-state index contributed by atoms with van der Waals surface area (Å²) in [6.45, 7) is 17.6. The maximum atomic E-state index is 10.4. The van der Waals surface area contributed by atoms with Crippen molar-refractivity contribution in [3.63, 3.8) is 0 Å². The second-order valence-electron chi connectivity index (χ2n) is 3.89. The Kier molecular flexibility index (Phi) is 12.4. The minimum atomic E-state index is -3.94. The molecule has 0 heterocycles. The lowest BCUT2D eigenvalue weighted by Gasteiger charge is -2.34. The number of phosphoric ester groups is 1. The molecule has 6 heteroatoms. The van der Waals surface area contributed by atoms with Crippen LogP contribution in [0.25, 0.3) is 0 Å². The average molecular weight is 283 g/mol. The highest BCUT2D eigenvalue weighted by Crippen LogP contribution is 2.37. The molecule has 0 spiro atoms. The first-order valence-corrected chi connectivity index (χ1v) is 8.28. The van der Waals surface area contributed by atoms with Gasteiger partial charge in [-0.15, -0.1) is 0 Å². The highest BCUT2D eigenvalue weighted by atomic mass is 31.2. The summed E-state index contributed by atoms with van der Waals surface area (Å²) in [7, 11) is -3.94. The molecule has 112 valence electrons. The minimum Gasteiger partial charge on any atom is -0.756 e. The fraction of sp³-hybridized carbons (Fsp3) is 1.00. The van der Waals surface area contributed by atoms with Gasteiger partial charge >= 0.3 is 0 Å². The van der Waals surface area contributed by atoms with E-state index in [-0.39, 0.29) is 13.2 Å². The van der Waals surface area contributed by atoms with Gasteiger partial charge in [0, 0.05) is 0 Å². The van der Waals surface area contributed by atoms with Crippen molar-refractivity contribution in [3.8, 4) is 0 Å². The highest BCUT2D eigenvalue weighted by molar-refractivity contribution is 7.45. The van der Waals surface area contributed by atoms with E-state index in [2.05, 4.69) is 36.7 Å². The van der Waals surface area contributed by atoms with E-state index in [4.69, 9.17) is 0 Å². The largest absolute Gasteiger partial charge is 0.756 e. The molecule has 0 fully saturated rings. The van der Waals surface area contributed by atoms with Crippen molar-refractivity contribution >= 4 is 7.82 Å². The molecular weight excluding hydrogens is 253 g/mol. The predicted octanol–water partition coefficient (Wildman–Crippen LogP) is 2.41. The Morgan fingerprint density at radius 2 is 1.11 bits per heavy atom. The number of hydrogen-bond donors (Lipinski definition) is 0. The van der Waals surface area contributed by atoms with Crippen molar-refractivity contribution in [2.24, 2.45) is 0 Å². The molecule has 0 aliphatic rings. The molecular formula is C12H30NO4P. The summed E-state index contributed by atoms with van der Waals surface area (Å²) in [6, 6.07) is 0. The number of phosphoric acid groups is 1. The van der Waals surface area contributed by atoms with Gasteiger partial charge in [-0.1, -0.05) is 0 Å². The molecule has 0 aromatic heterocycles. The third-order valence-electron chi connectivity index (χ3n) is 3.26. The fourth-order valence-corrected chi connectivity index (χ4v) is 2.40. The van der Waals surface area contributed by atoms with Crippen molar-refractivity contribution in [1.82, 2.24) is 0 Å². The molecule has 0 amide bonds. The summed E-state index contributed by atoms with van der Waals surface area (Å²) in [5, 5.41) is 0. The summed E-state index contributed by atoms with van der Waals surface area (Å²) in [5.74, 6) is 0. The van der Waals surface area contributed by atoms with Crippen molar-refractivity contribution in [2.45, 2.75) is 41.5 Å². The quantitative estimate of drug-likeness (QED) is 0.507. The van der Waals surface area contributed by atoms with E-state index >= 15 is 0 Å². The van der Waals surface area contributed by atoms with Crippen LogP contribution in [0, 0.1) is 0 Å². The van der Waals surface area contributed by atoms with Crippen LogP contribution < -0.4 is 4.89 Å². The lowest BCUT2D eigenvalue weighted by molar-refractivity contribution is -0.921. The summed E-state index contributed by atoms with van der Waals surface area (Å²) in [6.07, 6.45) is 0. The van der Waals surface area contributed by atoms with Gasteiger partial charge in [-0.05, 0) is 41.5 Å². The number of nitrogens with zero attached hydrogens (tertiary/aromatic N) is 1. The van der Waals surface area contributed by atoms with Crippen LogP contribution in [0.3, 0.4) is 0 Å². The Hall–Kier alpha value is 0.0700. The van der Waals surface area contributed by atoms with Crippen LogP contribution in [-0.2, 0) is 13.6 Å². The summed E-state index contributed by atoms with van der Waals surface area (Å²) >= 11 is 0. The topological polar surface area (TPSA) is 58.6 Å². The molecule has 0 unspecified atom stereocenters. The van der Waals surface area contributed by atoms with Crippen LogP contribution >= 0.6 is 7.82 Å². The summed E-state index contributed by atoms with van der Waals surface area (Å²) < 4.78 is 20.2. The smallest absolute Gasteiger partial charge is 0.267 e. The first kappa shape index (κ1) is 20.4. The number of quaternary nitrogens is 1. The lowest BCUT2D eigenvalue weighted by Crippen LogP contribution is -2.47. The molecule has 0 atom stereocenters. The zero-order valence-electron chi connectivity index (χ0n) is 12.8. The monoisotopic (exact) mass is 283 g/mol. The maximum absolute atomic E-state index is 10.4. The van der Waals surface area contributed by atoms with E-state index in [1.807, 2.05) is 0 Å². The molecule has 18 heavy (non-hydrogen) atoms. The molecule has 0 radical (unpaired) electrons. The first-order valence-electron chi connectivity index (χ1n) is 6.82. The normalized spacial score (nSPS) is 11.9. The van der Waals surface area contributed by atoms with E-state index < -0.39 is 7.82 Å². The molecule has 0 aromatic carbocycles. The van der Waals surface area contributed by atoms with Crippen LogP contribution in [-0.4, -0.2) is 43.9 Å². The second-order valence-corrected chi connectivity index (χ2v) is 5.30. The second kappa shape index (κ2) is 10.9. The van der Waals surface area contributed by atoms with Crippen LogP contribution in [0.1, 0.15) is 41.5 Å². The van der Waals surface area contributed by atoms with Gasteiger partial charge in [-0.3, -0.25) is 4.57 Å². The Morgan fingerprint density at radius 1 is 0.833 bits per heavy atom. The van der Waals surface area contributed by atoms with Crippen molar-refractivity contribution < 1.29 is 23.0 Å². The van der Waals surface area contributed by atoms with Crippen LogP contribution in [0.5, 0.6) is 0 Å². The lowest BCUT2D eigenvalue weighted by atomic mass is 10.3. The Morgan fingerprint density at radius 3 is 1.22 bits per heavy atom. The summed E-state index contributed by atoms with van der Waals surface area (Å²) in [4.78, 5) is 10.4. The SMILES string of the molecule is CCOP(=O)([O-])OCC.CC[N+](CC)(CC)CC. The molecule has 5 nitrogen and oxygen atoms in total. The van der Waals surface area contributed by atoms with E-state index in [0.29, 0.717) is 0 Å². The van der Waals surface area contributed by atoms with Crippen molar-refractivity contribution in [1.29, 1.82) is 0 Å². The van der Waals surface area contributed by atoms with Gasteiger partial charge in [-0.2, -0.15) is 0 Å². The molecule has 0 saturated heterocycles. The third-order valence-corrected chi connectivity index (χ3v) is 4.41. The fourth-order valence-electron chi connectivity index (χ4n) is 1.70. The molecule has 0 N–H and O–H groups in total. The van der Waals surface area contributed by atoms with Gasteiger partial charge in [0.15, 0.2) is 0 Å². The molecule has 0 aliphatic carbocycles. The standard InChI is InChI=1S/C8H20N.C4H11O4P/c1-5-9(6-2,7-3)8-4;1-3-7-9(5,6)8-4-2/h5-8H2,1-4H3;3-4H2,1-2H3,(H,5,6)/q+1;/p-1. The highest BCUT2D eigenvalue weighted by Gasteiger charge is 2.16. The Balaban J connectivity index is 0. The van der Waals surface area contributed by atoms with Gasteiger partial charge in [0.1, 0.15) is 0 Å². The van der Waals surface area contributed by atoms with Gasteiger partial charge < -0.3 is 18.4 Å². The average Bonchev–Trinajstić information content (AvgIpc) is 2.33. The number of hydrogen-bond acceptors (Lipinski definition) is 4. The Bertz CT molecular complexity index is 205. The van der Waals surface area contributed by atoms with E-state index in [1.54, 1.807) is 13.8 Å². The van der Waals surface area contributed by atoms with Crippen LogP contribution in [0.2, 0.25) is 0 Å². The van der Waals surface area contributed by atoms with Gasteiger partial charge in [-0.25, -0.2) is 0 Å². The molecule has 0 aromatic rings. The van der Waals surface area contributed by atoms with E-state index in [1.165, 1.54) is 30.7 Å². The predicted molar refractivity (Wildman–Crippen MR) is 73.3 cm³/mol. The first-order chi connectivity index (χ1) is 8.36. The minimum absolute atomic E-state index is 0.126. The number of rotatable bonds is 8. The zero-order valence-corrected chi connectivity index (χ0v) is 13.7. The maximum Gasteiger partial charge on any atom is 0.267 e. The van der Waals surface area contributed by atoms with Crippen molar-refractivity contribution in [2.75, 3.05) is 39.4 Å². The van der Waals surface area contributed by atoms with Gasteiger partial charge in [0.25, 0.3) is 7.82 Å². The Labute approximate surface area is 112 Å². The summed E-state index contributed by atoms with van der Waals surface area (Å²) in [5.41, 5.74) is 0. The van der Waals surface area contributed by atoms with E-state index in [9.17, 15) is 9.46 Å². The van der Waals surface area contributed by atoms with Crippen LogP contribution in [0.4, 0.5) is 0 Å². The third kappa shape index (κ3) is 9.06. The molecule has 0 aliphatic heterocycles. The van der Waals surface area contributed by atoms with E-state index in [0.717, 1.165) is 0 Å². The zero-order chi connectivity index (χ0) is 14.7. The molecule has 0 saturated carbocycles.